The van der Waals surface area contributed by atoms with Crippen molar-refractivity contribution in [2.45, 2.75) is 69.0 Å². The number of amides is 3. The molecule has 1 aliphatic heterocycles. The smallest absolute Gasteiger partial charge is 0.407 e. The summed E-state index contributed by atoms with van der Waals surface area (Å²) in [4.78, 5) is 54.8. The number of likely N-dealkylation sites (tertiary alicyclic amines) is 1. The van der Waals surface area contributed by atoms with Gasteiger partial charge in [0.1, 0.15) is 19.3 Å². The molecule has 0 radical (unpaired) electrons. The van der Waals surface area contributed by atoms with Crippen LogP contribution in [0.5, 0.6) is 0 Å². The van der Waals surface area contributed by atoms with Crippen LogP contribution in [0.4, 0.5) is 4.79 Å². The van der Waals surface area contributed by atoms with Crippen molar-refractivity contribution in [3.8, 4) is 11.1 Å². The van der Waals surface area contributed by atoms with Gasteiger partial charge in [-0.05, 0) is 66.3 Å². The number of nitrogens with one attached hydrogen (secondary N) is 2. The van der Waals surface area contributed by atoms with Crippen molar-refractivity contribution in [1.29, 1.82) is 0 Å². The molecule has 3 amide bonds. The summed E-state index contributed by atoms with van der Waals surface area (Å²) in [6, 6.07) is 23.9. The first-order valence-corrected chi connectivity index (χ1v) is 18.1. The maximum atomic E-state index is 13.8. The molecule has 274 valence electrons. The van der Waals surface area contributed by atoms with E-state index in [2.05, 4.69) is 35.9 Å². The Kier molecular flexibility index (Phi) is 13.8. The monoisotopic (exact) mass is 707 g/mol. The van der Waals surface area contributed by atoms with E-state index >= 15 is 0 Å². The average molecular weight is 708 g/mol. The van der Waals surface area contributed by atoms with Crippen LogP contribution in [-0.4, -0.2) is 78.4 Å². The van der Waals surface area contributed by atoms with E-state index in [1.54, 1.807) is 17.1 Å². The lowest BCUT2D eigenvalue weighted by molar-refractivity contribution is -0.150. The predicted molar refractivity (Wildman–Crippen MR) is 199 cm³/mol. The molecule has 0 aromatic heterocycles. The number of aliphatic hydroxyl groups is 1. The number of allylic oxidation sites excluding steroid dienone is 2. The van der Waals surface area contributed by atoms with Crippen LogP contribution < -0.4 is 10.6 Å². The molecule has 52 heavy (non-hydrogen) atoms. The Bertz CT molecular complexity index is 1660. The maximum Gasteiger partial charge on any atom is 0.407 e. The van der Waals surface area contributed by atoms with Gasteiger partial charge >= 0.3 is 12.1 Å². The van der Waals surface area contributed by atoms with Gasteiger partial charge in [0.2, 0.25) is 11.8 Å². The summed E-state index contributed by atoms with van der Waals surface area (Å²) in [5.74, 6) is -1.94. The summed E-state index contributed by atoms with van der Waals surface area (Å²) in [7, 11) is 0. The highest BCUT2D eigenvalue weighted by atomic mass is 16.6. The predicted octanol–water partition coefficient (Wildman–Crippen LogP) is 5.70. The quantitative estimate of drug-likeness (QED) is 0.114. The Morgan fingerprint density at radius 3 is 2.19 bits per heavy atom. The molecule has 1 aliphatic carbocycles. The molecule has 1 fully saturated rings. The molecule has 0 saturated carbocycles. The van der Waals surface area contributed by atoms with Crippen molar-refractivity contribution < 1.29 is 33.8 Å². The van der Waals surface area contributed by atoms with E-state index in [9.17, 15) is 24.3 Å². The van der Waals surface area contributed by atoms with Crippen LogP contribution in [0.2, 0.25) is 0 Å². The third kappa shape index (κ3) is 9.76. The standard InChI is InChI=1S/C42H49N3O7/c1-3-5-22-38(44-42(50)52-28-37-35-20-11-9-18-33(35)34-19-10-12-21-36(34)37)41(49)51-27-32-17-13-23-45(32)40(48)30(14-4-2)25-39(47)43-31(26-46)24-29-15-7-6-8-16-29/h3-4,6-12,15-16,18-21,30-32,37-38,46H,1-2,5,13-14,17,22-28H2,(H,43,47)(H,44,50)/t30-,31-,32-,38-/m0/s1. The molecule has 3 aromatic carbocycles. The number of nitrogens with zero attached hydrogens (tertiary/aromatic N) is 1. The largest absolute Gasteiger partial charge is 0.462 e. The Morgan fingerprint density at radius 1 is 0.865 bits per heavy atom. The van der Waals surface area contributed by atoms with Crippen molar-refractivity contribution in [1.82, 2.24) is 15.5 Å². The van der Waals surface area contributed by atoms with Crippen molar-refractivity contribution >= 4 is 23.9 Å². The van der Waals surface area contributed by atoms with Crippen molar-refractivity contribution in [2.75, 3.05) is 26.4 Å². The number of esters is 1. The molecule has 1 heterocycles. The molecule has 10 nitrogen and oxygen atoms in total. The minimum atomic E-state index is -0.966. The first-order valence-electron chi connectivity index (χ1n) is 18.1. The fourth-order valence-electron chi connectivity index (χ4n) is 7.17. The zero-order chi connectivity index (χ0) is 36.9. The van der Waals surface area contributed by atoms with Crippen LogP contribution in [0.25, 0.3) is 11.1 Å². The molecule has 10 heteroatoms. The van der Waals surface area contributed by atoms with Gasteiger partial charge in [0.05, 0.1) is 24.6 Å². The number of hydrogen-bond acceptors (Lipinski definition) is 7. The highest BCUT2D eigenvalue weighted by molar-refractivity contribution is 5.87. The van der Waals surface area contributed by atoms with Crippen molar-refractivity contribution in [3.05, 3.63) is 121 Å². The fourth-order valence-corrected chi connectivity index (χ4v) is 7.17. The van der Waals surface area contributed by atoms with Crippen molar-refractivity contribution in [2.24, 2.45) is 5.92 Å². The topological polar surface area (TPSA) is 134 Å². The van der Waals surface area contributed by atoms with E-state index in [0.29, 0.717) is 32.2 Å². The summed E-state index contributed by atoms with van der Waals surface area (Å²) in [6.07, 6.45) is 5.36. The lowest BCUT2D eigenvalue weighted by Crippen LogP contribution is -2.46. The van der Waals surface area contributed by atoms with Gasteiger partial charge in [-0.3, -0.25) is 9.59 Å². The van der Waals surface area contributed by atoms with E-state index in [4.69, 9.17) is 9.47 Å². The molecular formula is C42H49N3O7. The lowest BCUT2D eigenvalue weighted by Gasteiger charge is -2.29. The summed E-state index contributed by atoms with van der Waals surface area (Å²) in [5, 5.41) is 15.4. The molecule has 2 aliphatic rings. The molecule has 0 spiro atoms. The number of aliphatic hydroxyl groups excluding tert-OH is 1. The van der Waals surface area contributed by atoms with Crippen LogP contribution in [0.3, 0.4) is 0 Å². The molecule has 1 saturated heterocycles. The van der Waals surface area contributed by atoms with E-state index in [1.165, 1.54) is 0 Å². The number of carbonyl (C=O) groups is 4. The highest BCUT2D eigenvalue weighted by Gasteiger charge is 2.36. The maximum absolute atomic E-state index is 13.8. The van der Waals surface area contributed by atoms with Gasteiger partial charge in [-0.15, -0.1) is 13.2 Å². The highest BCUT2D eigenvalue weighted by Crippen LogP contribution is 2.44. The number of rotatable bonds is 18. The van der Waals surface area contributed by atoms with Crippen LogP contribution in [-0.2, 0) is 30.3 Å². The molecular weight excluding hydrogens is 658 g/mol. The molecule has 0 unspecified atom stereocenters. The summed E-state index contributed by atoms with van der Waals surface area (Å²) in [5.41, 5.74) is 5.39. The third-order valence-corrected chi connectivity index (χ3v) is 9.80. The number of hydrogen-bond donors (Lipinski definition) is 3. The molecule has 0 bridgehead atoms. The fraction of sp³-hybridized carbons (Fsp3) is 0.381. The summed E-state index contributed by atoms with van der Waals surface area (Å²) in [6.45, 7) is 7.84. The van der Waals surface area contributed by atoms with Gasteiger partial charge < -0.3 is 30.1 Å². The zero-order valence-corrected chi connectivity index (χ0v) is 29.6. The average Bonchev–Trinajstić information content (AvgIpc) is 3.77. The SMILES string of the molecule is C=CCC[C@H](NC(=O)OCC1c2ccccc2-c2ccccc21)C(=O)OC[C@@H]1CCCN1C(=O)[C@@H](CC=C)CC(=O)N[C@H](CO)Cc1ccccc1. The molecule has 3 N–H and O–H groups in total. The number of fused-ring (bicyclic) bond motifs is 3. The number of ether oxygens (including phenoxy) is 2. The van der Waals surface area contributed by atoms with Gasteiger partial charge in [0.15, 0.2) is 0 Å². The summed E-state index contributed by atoms with van der Waals surface area (Å²) >= 11 is 0. The third-order valence-electron chi connectivity index (χ3n) is 9.80. The van der Waals surface area contributed by atoms with Crippen LogP contribution in [0, 0.1) is 5.92 Å². The first kappa shape index (κ1) is 38.0. The van der Waals surface area contributed by atoms with Gasteiger partial charge in [0, 0.05) is 18.9 Å². The molecule has 3 aromatic rings. The zero-order valence-electron chi connectivity index (χ0n) is 29.6. The minimum Gasteiger partial charge on any atom is -0.462 e. The second kappa shape index (κ2) is 18.9. The molecule has 4 atom stereocenters. The number of benzene rings is 3. The van der Waals surface area contributed by atoms with Gasteiger partial charge in [0.25, 0.3) is 0 Å². The lowest BCUT2D eigenvalue weighted by atomic mass is 9.98. The molecule has 5 rings (SSSR count). The second-order valence-electron chi connectivity index (χ2n) is 13.4. The van der Waals surface area contributed by atoms with Gasteiger partial charge in [-0.25, -0.2) is 9.59 Å². The Balaban J connectivity index is 1.14. The first-order chi connectivity index (χ1) is 25.3. The van der Waals surface area contributed by atoms with Crippen molar-refractivity contribution in [3.63, 3.8) is 0 Å². The Labute approximate surface area is 305 Å². The number of alkyl carbamates (subject to hydrolysis) is 1. The summed E-state index contributed by atoms with van der Waals surface area (Å²) < 4.78 is 11.4. The van der Waals surface area contributed by atoms with E-state index in [-0.39, 0.29) is 56.4 Å². The Morgan fingerprint density at radius 2 is 1.54 bits per heavy atom. The number of carbonyl (C=O) groups excluding carboxylic acids is 4. The van der Waals surface area contributed by atoms with Crippen LogP contribution in [0.1, 0.15) is 61.1 Å². The van der Waals surface area contributed by atoms with E-state index in [0.717, 1.165) is 34.2 Å². The van der Waals surface area contributed by atoms with Crippen LogP contribution >= 0.6 is 0 Å². The van der Waals surface area contributed by atoms with E-state index in [1.807, 2.05) is 66.7 Å². The second-order valence-corrected chi connectivity index (χ2v) is 13.4. The van der Waals surface area contributed by atoms with Crippen LogP contribution in [0.15, 0.2) is 104 Å². The minimum absolute atomic E-state index is 0.0435. The van der Waals surface area contributed by atoms with Gasteiger partial charge in [-0.1, -0.05) is 91.0 Å². The normalized spacial score (nSPS) is 16.5. The van der Waals surface area contributed by atoms with E-state index < -0.39 is 30.1 Å². The van der Waals surface area contributed by atoms with Gasteiger partial charge in [-0.2, -0.15) is 0 Å². The Hall–Kier alpha value is -5.22.